The summed E-state index contributed by atoms with van der Waals surface area (Å²) in [4.78, 5) is 17.0. The quantitative estimate of drug-likeness (QED) is 0.143. The van der Waals surface area contributed by atoms with Gasteiger partial charge in [0.1, 0.15) is 5.69 Å². The monoisotopic (exact) mass is 507 g/mol. The Hall–Kier alpha value is -3.38. The molecule has 3 aromatic rings. The van der Waals surface area contributed by atoms with Crippen molar-refractivity contribution in [3.8, 4) is 0 Å². The maximum atomic E-state index is 12.7. The first kappa shape index (κ1) is 27.2. The number of aryl methyl sites for hydroxylation is 2. The van der Waals surface area contributed by atoms with E-state index in [-0.39, 0.29) is 5.41 Å². The van der Waals surface area contributed by atoms with E-state index in [2.05, 4.69) is 43.0 Å². The van der Waals surface area contributed by atoms with Crippen LogP contribution >= 0.6 is 11.6 Å². The van der Waals surface area contributed by atoms with E-state index >= 15 is 0 Å². The summed E-state index contributed by atoms with van der Waals surface area (Å²) < 4.78 is 13.7. The van der Waals surface area contributed by atoms with E-state index < -0.39 is 12.3 Å². The Morgan fingerprint density at radius 3 is 2.28 bits per heavy atom. The number of halogens is 1. The Bertz CT molecular complexity index is 1250. The van der Waals surface area contributed by atoms with Crippen molar-refractivity contribution >= 4 is 35.1 Å². The van der Waals surface area contributed by atoms with Crippen LogP contribution in [0.1, 0.15) is 67.5 Å². The second-order valence-corrected chi connectivity index (χ2v) is 9.86. The molecule has 0 amide bonds. The maximum absolute atomic E-state index is 12.7. The van der Waals surface area contributed by atoms with Gasteiger partial charge in [0.05, 0.1) is 16.3 Å². The summed E-state index contributed by atoms with van der Waals surface area (Å²) in [5, 5.41) is 5.04. The highest BCUT2D eigenvalue weighted by Gasteiger charge is 2.25. The van der Waals surface area contributed by atoms with Crippen LogP contribution in [0.25, 0.3) is 11.3 Å². The van der Waals surface area contributed by atoms with Crippen LogP contribution in [0.5, 0.6) is 0 Å². The Morgan fingerprint density at radius 2 is 1.72 bits per heavy atom. The molecule has 7 heteroatoms. The minimum absolute atomic E-state index is 0.0159. The maximum Gasteiger partial charge on any atom is 0.341 e. The van der Waals surface area contributed by atoms with Crippen LogP contribution in [0.3, 0.4) is 0 Å². The van der Waals surface area contributed by atoms with Crippen molar-refractivity contribution < 1.29 is 14.3 Å². The Balaban J connectivity index is 2.12. The van der Waals surface area contributed by atoms with Gasteiger partial charge in [0.15, 0.2) is 5.76 Å². The van der Waals surface area contributed by atoms with E-state index in [1.54, 1.807) is 49.1 Å². The lowest BCUT2D eigenvalue weighted by Crippen LogP contribution is -2.19. The number of esters is 1. The second kappa shape index (κ2) is 11.6. The molecule has 6 nitrogen and oxygen atoms in total. The molecule has 0 N–H and O–H groups in total. The molecule has 1 heterocycles. The van der Waals surface area contributed by atoms with Gasteiger partial charge in [-0.25, -0.2) is 4.79 Å². The van der Waals surface area contributed by atoms with Gasteiger partial charge in [0.25, 0.3) is 0 Å². The zero-order valence-electron chi connectivity index (χ0n) is 22.0. The highest BCUT2D eigenvalue weighted by atomic mass is 35.5. The van der Waals surface area contributed by atoms with Crippen molar-refractivity contribution in [2.24, 2.45) is 4.99 Å². The van der Waals surface area contributed by atoms with Crippen molar-refractivity contribution in [2.75, 3.05) is 7.05 Å². The summed E-state index contributed by atoms with van der Waals surface area (Å²) in [5.41, 5.74) is 4.55. The summed E-state index contributed by atoms with van der Waals surface area (Å²) in [5.74, 6) is -0.0427. The fraction of sp³-hybridized carbons (Fsp3) is 0.345. The highest BCUT2D eigenvalue weighted by molar-refractivity contribution is 6.33. The molecule has 0 radical (unpaired) electrons. The molecule has 3 rings (SSSR count). The zero-order chi connectivity index (χ0) is 26.5. The lowest BCUT2D eigenvalue weighted by Gasteiger charge is -2.22. The average Bonchev–Trinajstić information content (AvgIpc) is 3.14. The van der Waals surface area contributed by atoms with Crippen LogP contribution in [0, 0.1) is 6.92 Å². The van der Waals surface area contributed by atoms with Gasteiger partial charge in [-0.15, -0.1) is 0 Å². The van der Waals surface area contributed by atoms with E-state index in [9.17, 15) is 4.79 Å². The summed E-state index contributed by atoms with van der Waals surface area (Å²) in [6.45, 7) is 12.6. The summed E-state index contributed by atoms with van der Waals surface area (Å²) in [6.07, 6.45) is 0.824. The molecule has 0 aliphatic carbocycles. The largest absolute Gasteiger partial charge is 0.452 e. The smallest absolute Gasteiger partial charge is 0.341 e. The number of allylic oxidation sites excluding steroid dienone is 1. The molecule has 2 aromatic carbocycles. The molecule has 190 valence electrons. The van der Waals surface area contributed by atoms with Gasteiger partial charge in [-0.1, -0.05) is 74.8 Å². The molecule has 0 aliphatic heterocycles. The lowest BCUT2D eigenvalue weighted by atomic mass is 9.86. The lowest BCUT2D eigenvalue weighted by molar-refractivity contribution is -0.0514. The Labute approximate surface area is 218 Å². The van der Waals surface area contributed by atoms with Gasteiger partial charge < -0.3 is 9.47 Å². The van der Waals surface area contributed by atoms with Gasteiger partial charge in [-0.05, 0) is 42.5 Å². The number of rotatable bonds is 8. The first-order valence-electron chi connectivity index (χ1n) is 12.0. The zero-order valence-corrected chi connectivity index (χ0v) is 22.8. The summed E-state index contributed by atoms with van der Waals surface area (Å²) >= 11 is 6.74. The third-order valence-electron chi connectivity index (χ3n) is 5.70. The number of hydrogen-bond acceptors (Lipinski definition) is 5. The van der Waals surface area contributed by atoms with Gasteiger partial charge in [-0.2, -0.15) is 5.10 Å². The first-order chi connectivity index (χ1) is 17.1. The van der Waals surface area contributed by atoms with Crippen molar-refractivity contribution in [3.63, 3.8) is 0 Å². The molecule has 0 spiro atoms. The van der Waals surface area contributed by atoms with E-state index in [1.165, 1.54) is 5.56 Å². The Morgan fingerprint density at radius 1 is 1.08 bits per heavy atom. The van der Waals surface area contributed by atoms with E-state index in [0.717, 1.165) is 5.56 Å². The van der Waals surface area contributed by atoms with Crippen LogP contribution < -0.4 is 0 Å². The van der Waals surface area contributed by atoms with Gasteiger partial charge in [0.2, 0.25) is 6.29 Å². The number of aliphatic imine (C=N–C) groups is 1. The minimum atomic E-state index is -0.904. The number of ether oxygens (including phenoxy) is 2. The molecule has 0 saturated heterocycles. The fourth-order valence-corrected chi connectivity index (χ4v) is 4.00. The number of hydrogen-bond donors (Lipinski definition) is 0. The molecule has 1 aromatic heterocycles. The van der Waals surface area contributed by atoms with Crippen LogP contribution in [0.2, 0.25) is 5.02 Å². The summed E-state index contributed by atoms with van der Waals surface area (Å²) in [7, 11) is 1.70. The number of carbonyl (C=O) groups excluding carboxylic acids is 1. The molecular weight excluding hydrogens is 474 g/mol. The van der Waals surface area contributed by atoms with E-state index in [4.69, 9.17) is 21.1 Å². The SMILES string of the molecule is CCn1nc(C)c(Cl)c1/C(OC(C)OC(=O)c1ccccc1)=C(\C=N/C)c1ccc(C(C)(C)C)cc1. The third kappa shape index (κ3) is 6.24. The van der Waals surface area contributed by atoms with Crippen molar-refractivity contribution in [1.29, 1.82) is 0 Å². The molecule has 36 heavy (non-hydrogen) atoms. The van der Waals surface area contributed by atoms with Gasteiger partial charge in [-0.3, -0.25) is 9.67 Å². The number of nitrogens with zero attached hydrogens (tertiary/aromatic N) is 3. The molecule has 0 aliphatic rings. The number of benzene rings is 2. The average molecular weight is 508 g/mol. The van der Waals surface area contributed by atoms with Crippen LogP contribution in [-0.2, 0) is 21.4 Å². The third-order valence-corrected chi connectivity index (χ3v) is 6.15. The minimum Gasteiger partial charge on any atom is -0.452 e. The molecule has 1 atom stereocenters. The topological polar surface area (TPSA) is 65.7 Å². The second-order valence-electron chi connectivity index (χ2n) is 9.48. The normalized spacial score (nSPS) is 13.4. The van der Waals surface area contributed by atoms with Crippen molar-refractivity contribution in [1.82, 2.24) is 9.78 Å². The highest BCUT2D eigenvalue weighted by Crippen LogP contribution is 2.35. The first-order valence-corrected chi connectivity index (χ1v) is 12.4. The van der Waals surface area contributed by atoms with Gasteiger partial charge >= 0.3 is 5.97 Å². The summed E-state index contributed by atoms with van der Waals surface area (Å²) in [6, 6.07) is 17.1. The Kier molecular flexibility index (Phi) is 8.75. The standard InChI is InChI=1S/C29H34ClN3O3/c1-8-33-26(25(30)19(2)32-33)27(35-20(3)36-28(34)22-12-10-9-11-13-22)24(18-31-7)21-14-16-23(17-15-21)29(4,5)6/h9-18,20H,8H2,1-7H3/b27-24-,31-18-. The van der Waals surface area contributed by atoms with E-state index in [0.29, 0.717) is 39.9 Å². The predicted molar refractivity (Wildman–Crippen MR) is 146 cm³/mol. The number of aromatic nitrogens is 2. The van der Waals surface area contributed by atoms with Crippen molar-refractivity contribution in [3.05, 3.63) is 87.7 Å². The molecule has 0 fully saturated rings. The van der Waals surface area contributed by atoms with Crippen LogP contribution in [0.15, 0.2) is 59.6 Å². The van der Waals surface area contributed by atoms with Crippen molar-refractivity contribution in [2.45, 2.75) is 59.8 Å². The molecule has 0 saturated carbocycles. The van der Waals surface area contributed by atoms with Gasteiger partial charge in [0, 0.05) is 32.3 Å². The van der Waals surface area contributed by atoms with Crippen LogP contribution in [0.4, 0.5) is 0 Å². The number of carbonyl (C=O) groups is 1. The molecular formula is C29H34ClN3O3. The van der Waals surface area contributed by atoms with Crippen LogP contribution in [-0.4, -0.2) is 35.3 Å². The van der Waals surface area contributed by atoms with E-state index in [1.807, 2.05) is 32.0 Å². The predicted octanol–water partition coefficient (Wildman–Crippen LogP) is 6.95. The fourth-order valence-electron chi connectivity index (χ4n) is 3.78. The molecule has 0 bridgehead atoms. The molecule has 1 unspecified atom stereocenters.